The van der Waals surface area contributed by atoms with Crippen LogP contribution in [-0.2, 0) is 11.2 Å². The van der Waals surface area contributed by atoms with Crippen molar-refractivity contribution in [1.29, 1.82) is 0 Å². The number of benzene rings is 1. The molecule has 0 radical (unpaired) electrons. The lowest BCUT2D eigenvalue weighted by atomic mass is 10.1. The maximum absolute atomic E-state index is 13.0. The van der Waals surface area contributed by atoms with E-state index in [4.69, 9.17) is 5.73 Å². The number of aromatic nitrogens is 1. The summed E-state index contributed by atoms with van der Waals surface area (Å²) in [5, 5.41) is 0.785. The molecule has 1 atom stereocenters. The van der Waals surface area contributed by atoms with E-state index < -0.39 is 6.04 Å². The Morgan fingerprint density at radius 3 is 3.07 bits per heavy atom. The number of carbonyl (C=O) groups is 1. The van der Waals surface area contributed by atoms with E-state index in [1.54, 1.807) is 12.3 Å². The minimum Gasteiger partial charge on any atom is -0.361 e. The number of hydrogen-bond acceptors (Lipinski definition) is 2. The van der Waals surface area contributed by atoms with Crippen molar-refractivity contribution in [3.05, 3.63) is 35.8 Å². The first-order valence-corrected chi connectivity index (χ1v) is 4.67. The second-order valence-electron chi connectivity index (χ2n) is 3.51. The summed E-state index contributed by atoms with van der Waals surface area (Å²) in [6, 6.07) is 3.97. The summed E-state index contributed by atoms with van der Waals surface area (Å²) in [7, 11) is 0. The number of rotatable bonds is 3. The molecule has 0 fully saturated rings. The summed E-state index contributed by atoms with van der Waals surface area (Å²) in [6.07, 6.45) is 2.87. The summed E-state index contributed by atoms with van der Waals surface area (Å²) < 4.78 is 13.0. The molecule has 0 bridgehead atoms. The minimum atomic E-state index is -0.535. The van der Waals surface area contributed by atoms with Gasteiger partial charge in [-0.05, 0) is 30.2 Å². The summed E-state index contributed by atoms with van der Waals surface area (Å²) in [4.78, 5) is 13.4. The van der Waals surface area contributed by atoms with E-state index in [1.165, 1.54) is 12.1 Å². The molecule has 1 aromatic heterocycles. The van der Waals surface area contributed by atoms with E-state index in [9.17, 15) is 9.18 Å². The highest BCUT2D eigenvalue weighted by atomic mass is 19.1. The molecule has 2 aromatic rings. The molecular formula is C11H11FN2O. The highest BCUT2D eigenvalue weighted by Crippen LogP contribution is 2.20. The summed E-state index contributed by atoms with van der Waals surface area (Å²) >= 11 is 0. The number of fused-ring (bicyclic) bond motifs is 1. The van der Waals surface area contributed by atoms with Crippen LogP contribution >= 0.6 is 0 Å². The van der Waals surface area contributed by atoms with Crippen LogP contribution in [0.4, 0.5) is 4.39 Å². The predicted molar refractivity (Wildman–Crippen MR) is 56.0 cm³/mol. The van der Waals surface area contributed by atoms with E-state index in [1.807, 2.05) is 0 Å². The lowest BCUT2D eigenvalue weighted by Crippen LogP contribution is -2.23. The molecule has 0 saturated heterocycles. The molecule has 4 heteroatoms. The zero-order chi connectivity index (χ0) is 10.8. The van der Waals surface area contributed by atoms with Crippen molar-refractivity contribution in [2.24, 2.45) is 5.73 Å². The monoisotopic (exact) mass is 206 g/mol. The molecule has 0 unspecified atom stereocenters. The van der Waals surface area contributed by atoms with Gasteiger partial charge in [0.25, 0.3) is 0 Å². The Labute approximate surface area is 86.1 Å². The van der Waals surface area contributed by atoms with Crippen LogP contribution < -0.4 is 5.73 Å². The van der Waals surface area contributed by atoms with Gasteiger partial charge < -0.3 is 15.5 Å². The van der Waals surface area contributed by atoms with Crippen molar-refractivity contribution in [2.45, 2.75) is 12.5 Å². The third-order valence-corrected chi connectivity index (χ3v) is 2.36. The quantitative estimate of drug-likeness (QED) is 0.745. The number of nitrogens with one attached hydrogen (secondary N) is 1. The Balaban J connectivity index is 2.43. The van der Waals surface area contributed by atoms with Gasteiger partial charge in [-0.25, -0.2) is 4.39 Å². The number of nitrogens with two attached hydrogens (primary N) is 1. The van der Waals surface area contributed by atoms with Crippen molar-refractivity contribution >= 4 is 17.2 Å². The van der Waals surface area contributed by atoms with Crippen molar-refractivity contribution in [3.8, 4) is 0 Å². The number of carbonyl (C=O) groups excluding carboxylic acids is 1. The van der Waals surface area contributed by atoms with Crippen LogP contribution in [0.15, 0.2) is 24.4 Å². The molecular weight excluding hydrogens is 195 g/mol. The first kappa shape index (κ1) is 9.86. The molecule has 0 saturated carbocycles. The van der Waals surface area contributed by atoms with Gasteiger partial charge in [-0.3, -0.25) is 0 Å². The van der Waals surface area contributed by atoms with Gasteiger partial charge in [0.05, 0.1) is 6.04 Å². The first-order chi connectivity index (χ1) is 7.20. The smallest absolute Gasteiger partial charge is 0.137 e. The molecule has 3 N–H and O–H groups in total. The van der Waals surface area contributed by atoms with Gasteiger partial charge in [-0.2, -0.15) is 0 Å². The number of halogens is 1. The third kappa shape index (κ3) is 1.89. The SMILES string of the molecule is N[C@@H](C=O)Cc1c[nH]c2ccc(F)cc12. The van der Waals surface area contributed by atoms with Gasteiger partial charge >= 0.3 is 0 Å². The Kier molecular flexibility index (Phi) is 2.51. The molecule has 2 rings (SSSR count). The van der Waals surface area contributed by atoms with Gasteiger partial charge in [-0.15, -0.1) is 0 Å². The molecule has 0 aliphatic heterocycles. The molecule has 1 heterocycles. The van der Waals surface area contributed by atoms with Gasteiger partial charge in [0.1, 0.15) is 12.1 Å². The Hall–Kier alpha value is -1.68. The van der Waals surface area contributed by atoms with Crippen LogP contribution in [-0.4, -0.2) is 17.3 Å². The second-order valence-corrected chi connectivity index (χ2v) is 3.51. The second kappa shape index (κ2) is 3.82. The zero-order valence-corrected chi connectivity index (χ0v) is 8.03. The largest absolute Gasteiger partial charge is 0.361 e. The lowest BCUT2D eigenvalue weighted by Gasteiger charge is -2.01. The van der Waals surface area contributed by atoms with E-state index in [-0.39, 0.29) is 5.82 Å². The van der Waals surface area contributed by atoms with Crippen molar-refractivity contribution < 1.29 is 9.18 Å². The van der Waals surface area contributed by atoms with Gasteiger partial charge in [-0.1, -0.05) is 0 Å². The molecule has 0 spiro atoms. The fourth-order valence-corrected chi connectivity index (χ4v) is 1.62. The van der Waals surface area contributed by atoms with Gasteiger partial charge in [0, 0.05) is 17.1 Å². The van der Waals surface area contributed by atoms with E-state index in [0.29, 0.717) is 12.7 Å². The number of hydrogen-bond donors (Lipinski definition) is 2. The number of aromatic amines is 1. The van der Waals surface area contributed by atoms with Crippen LogP contribution in [0.25, 0.3) is 10.9 Å². The van der Waals surface area contributed by atoms with Crippen LogP contribution in [0, 0.1) is 5.82 Å². The molecule has 1 aromatic carbocycles. The maximum atomic E-state index is 13.0. The molecule has 0 amide bonds. The van der Waals surface area contributed by atoms with Crippen LogP contribution in [0.5, 0.6) is 0 Å². The molecule has 78 valence electrons. The summed E-state index contributed by atoms with van der Waals surface area (Å²) in [6.45, 7) is 0. The fourth-order valence-electron chi connectivity index (χ4n) is 1.62. The number of H-pyrrole nitrogens is 1. The average Bonchev–Trinajstić information content (AvgIpc) is 2.61. The lowest BCUT2D eigenvalue weighted by molar-refractivity contribution is -0.108. The Morgan fingerprint density at radius 2 is 2.33 bits per heavy atom. The average molecular weight is 206 g/mol. The van der Waals surface area contributed by atoms with Crippen molar-refractivity contribution in [1.82, 2.24) is 4.98 Å². The topological polar surface area (TPSA) is 58.9 Å². The molecule has 0 aliphatic rings. The first-order valence-electron chi connectivity index (χ1n) is 4.67. The van der Waals surface area contributed by atoms with Crippen LogP contribution in [0.1, 0.15) is 5.56 Å². The standard InChI is InChI=1S/C11H11FN2O/c12-8-1-2-11-10(4-8)7(5-14-11)3-9(13)6-15/h1-2,4-6,9,14H,3,13H2/t9-/m1/s1. The fraction of sp³-hybridized carbons (Fsp3) is 0.182. The third-order valence-electron chi connectivity index (χ3n) is 2.36. The normalized spacial score (nSPS) is 12.9. The highest BCUT2D eigenvalue weighted by Gasteiger charge is 2.08. The summed E-state index contributed by atoms with van der Waals surface area (Å²) in [5.41, 5.74) is 7.23. The Morgan fingerprint density at radius 1 is 1.53 bits per heavy atom. The highest BCUT2D eigenvalue weighted by molar-refractivity contribution is 5.83. The van der Waals surface area contributed by atoms with Crippen molar-refractivity contribution in [2.75, 3.05) is 0 Å². The zero-order valence-electron chi connectivity index (χ0n) is 8.03. The van der Waals surface area contributed by atoms with Gasteiger partial charge in [0.2, 0.25) is 0 Å². The summed E-state index contributed by atoms with van der Waals surface area (Å²) in [5.74, 6) is -0.289. The van der Waals surface area contributed by atoms with E-state index >= 15 is 0 Å². The molecule has 0 aliphatic carbocycles. The van der Waals surface area contributed by atoms with Crippen LogP contribution in [0.3, 0.4) is 0 Å². The Bertz CT molecular complexity index is 492. The van der Waals surface area contributed by atoms with Crippen LogP contribution in [0.2, 0.25) is 0 Å². The predicted octanol–water partition coefficient (Wildman–Crippen LogP) is 1.38. The van der Waals surface area contributed by atoms with E-state index in [0.717, 1.165) is 16.5 Å². The van der Waals surface area contributed by atoms with Crippen molar-refractivity contribution in [3.63, 3.8) is 0 Å². The minimum absolute atomic E-state index is 0.289. The number of aldehydes is 1. The molecule has 15 heavy (non-hydrogen) atoms. The maximum Gasteiger partial charge on any atom is 0.137 e. The molecule has 3 nitrogen and oxygen atoms in total. The van der Waals surface area contributed by atoms with E-state index in [2.05, 4.69) is 4.98 Å². The van der Waals surface area contributed by atoms with Gasteiger partial charge in [0.15, 0.2) is 0 Å².